The molecule has 0 saturated carbocycles. The Morgan fingerprint density at radius 2 is 1.85 bits per heavy atom. The number of rotatable bonds is 7. The molecule has 1 heterocycles. The van der Waals surface area contributed by atoms with Crippen molar-refractivity contribution < 1.29 is 4.74 Å². The van der Waals surface area contributed by atoms with E-state index in [2.05, 4.69) is 48.8 Å². The molecule has 112 valence electrons. The molecule has 0 spiro atoms. The fourth-order valence-corrected chi connectivity index (χ4v) is 3.95. The van der Waals surface area contributed by atoms with Crippen LogP contribution in [0.2, 0.25) is 25.7 Å². The Hall–Kier alpha value is -0.643. The molecule has 2 nitrogen and oxygen atoms in total. The van der Waals surface area contributed by atoms with Crippen LogP contribution in [-0.4, -0.2) is 39.3 Å². The molecule has 20 heavy (non-hydrogen) atoms. The molecule has 0 N–H and O–H groups in total. The van der Waals surface area contributed by atoms with Gasteiger partial charge in [-0.25, -0.2) is 0 Å². The standard InChI is InChI=1S/C17H29NOSi/c1-20(2,3)14-6-12-19-13-11-18-10-9-16-7-4-5-8-17(16)15-18/h4-5,7-8H,6,9-15H2,1-3H3. The molecule has 0 radical (unpaired) electrons. The van der Waals surface area contributed by atoms with Gasteiger partial charge in [0.25, 0.3) is 0 Å². The molecule has 3 heteroatoms. The topological polar surface area (TPSA) is 12.5 Å². The Morgan fingerprint density at radius 1 is 1.10 bits per heavy atom. The summed E-state index contributed by atoms with van der Waals surface area (Å²) in [6, 6.07) is 10.2. The van der Waals surface area contributed by atoms with Crippen LogP contribution in [0.25, 0.3) is 0 Å². The lowest BCUT2D eigenvalue weighted by molar-refractivity contribution is 0.0994. The number of nitrogens with zero attached hydrogens (tertiary/aromatic N) is 1. The molecule has 0 atom stereocenters. The number of benzene rings is 1. The van der Waals surface area contributed by atoms with Crippen LogP contribution in [0, 0.1) is 0 Å². The minimum atomic E-state index is -0.880. The molecule has 1 aromatic rings. The van der Waals surface area contributed by atoms with Gasteiger partial charge in [0.2, 0.25) is 0 Å². The van der Waals surface area contributed by atoms with Crippen molar-refractivity contribution in [2.24, 2.45) is 0 Å². The number of fused-ring (bicyclic) bond motifs is 1. The second kappa shape index (κ2) is 7.39. The lowest BCUT2D eigenvalue weighted by atomic mass is 10.0. The smallest absolute Gasteiger partial charge is 0.0593 e. The second-order valence-electron chi connectivity index (χ2n) is 7.07. The third kappa shape index (κ3) is 5.39. The van der Waals surface area contributed by atoms with Gasteiger partial charge in [-0.1, -0.05) is 50.0 Å². The zero-order valence-corrected chi connectivity index (χ0v) is 14.3. The van der Waals surface area contributed by atoms with E-state index >= 15 is 0 Å². The summed E-state index contributed by atoms with van der Waals surface area (Å²) in [5.41, 5.74) is 3.03. The first-order chi connectivity index (χ1) is 9.54. The molecule has 2 rings (SSSR count). The molecule has 0 aromatic heterocycles. The zero-order valence-electron chi connectivity index (χ0n) is 13.3. The van der Waals surface area contributed by atoms with Gasteiger partial charge >= 0.3 is 0 Å². The van der Waals surface area contributed by atoms with Gasteiger partial charge in [-0.3, -0.25) is 4.90 Å². The van der Waals surface area contributed by atoms with Crippen molar-refractivity contribution in [3.8, 4) is 0 Å². The summed E-state index contributed by atoms with van der Waals surface area (Å²) in [4.78, 5) is 2.51. The predicted octanol–water partition coefficient (Wildman–Crippen LogP) is 3.79. The van der Waals surface area contributed by atoms with Crippen molar-refractivity contribution in [1.29, 1.82) is 0 Å². The predicted molar refractivity (Wildman–Crippen MR) is 89.0 cm³/mol. The molecule has 0 fully saturated rings. The van der Waals surface area contributed by atoms with E-state index in [-0.39, 0.29) is 0 Å². The summed E-state index contributed by atoms with van der Waals surface area (Å²) in [5, 5.41) is 0. The highest BCUT2D eigenvalue weighted by molar-refractivity contribution is 6.76. The Balaban J connectivity index is 1.60. The second-order valence-corrected chi connectivity index (χ2v) is 12.7. The van der Waals surface area contributed by atoms with Crippen LogP contribution < -0.4 is 0 Å². The normalized spacial score (nSPS) is 16.1. The van der Waals surface area contributed by atoms with Crippen LogP contribution in [0.4, 0.5) is 0 Å². The van der Waals surface area contributed by atoms with Crippen molar-refractivity contribution in [3.05, 3.63) is 35.4 Å². The van der Waals surface area contributed by atoms with E-state index in [4.69, 9.17) is 4.74 Å². The van der Waals surface area contributed by atoms with Gasteiger partial charge in [0.15, 0.2) is 0 Å². The molecule has 0 bridgehead atoms. The number of hydrogen-bond acceptors (Lipinski definition) is 2. The molecular weight excluding hydrogens is 262 g/mol. The van der Waals surface area contributed by atoms with Gasteiger partial charge in [0.05, 0.1) is 6.61 Å². The average Bonchev–Trinajstić information content (AvgIpc) is 2.41. The van der Waals surface area contributed by atoms with Crippen molar-refractivity contribution in [2.75, 3.05) is 26.3 Å². The molecular formula is C17H29NOSi. The van der Waals surface area contributed by atoms with Gasteiger partial charge in [0, 0.05) is 34.3 Å². The van der Waals surface area contributed by atoms with E-state index in [0.717, 1.165) is 26.3 Å². The molecule has 1 aliphatic heterocycles. The maximum atomic E-state index is 5.80. The van der Waals surface area contributed by atoms with Crippen molar-refractivity contribution in [2.45, 2.75) is 45.1 Å². The van der Waals surface area contributed by atoms with Crippen molar-refractivity contribution >= 4 is 8.07 Å². The molecule has 0 unspecified atom stereocenters. The highest BCUT2D eigenvalue weighted by atomic mass is 28.3. The van der Waals surface area contributed by atoms with Gasteiger partial charge < -0.3 is 4.74 Å². The van der Waals surface area contributed by atoms with Crippen molar-refractivity contribution in [3.63, 3.8) is 0 Å². The monoisotopic (exact) mass is 291 g/mol. The zero-order chi connectivity index (χ0) is 14.4. The van der Waals surface area contributed by atoms with Gasteiger partial charge in [-0.2, -0.15) is 0 Å². The third-order valence-corrected chi connectivity index (χ3v) is 5.83. The Morgan fingerprint density at radius 3 is 2.60 bits per heavy atom. The third-order valence-electron chi connectivity index (χ3n) is 3.98. The summed E-state index contributed by atoms with van der Waals surface area (Å²) >= 11 is 0. The van der Waals surface area contributed by atoms with Crippen LogP contribution in [0.5, 0.6) is 0 Å². The van der Waals surface area contributed by atoms with Gasteiger partial charge in [-0.15, -0.1) is 0 Å². The number of hydrogen-bond donors (Lipinski definition) is 0. The van der Waals surface area contributed by atoms with Crippen LogP contribution in [0.3, 0.4) is 0 Å². The quantitative estimate of drug-likeness (QED) is 0.560. The molecule has 1 aromatic carbocycles. The van der Waals surface area contributed by atoms with Crippen LogP contribution >= 0.6 is 0 Å². The molecule has 0 aliphatic carbocycles. The number of ether oxygens (including phenoxy) is 1. The van der Waals surface area contributed by atoms with Crippen molar-refractivity contribution in [1.82, 2.24) is 4.90 Å². The summed E-state index contributed by atoms with van der Waals surface area (Å²) in [7, 11) is -0.880. The maximum Gasteiger partial charge on any atom is 0.0593 e. The lowest BCUT2D eigenvalue weighted by Gasteiger charge is -2.28. The van der Waals surface area contributed by atoms with E-state index in [1.807, 2.05) is 0 Å². The Bertz CT molecular complexity index is 414. The minimum absolute atomic E-state index is 0.880. The Kier molecular flexibility index (Phi) is 5.82. The first-order valence-corrected chi connectivity index (χ1v) is 11.6. The fourth-order valence-electron chi connectivity index (χ4n) is 2.75. The van der Waals surface area contributed by atoms with E-state index < -0.39 is 8.07 Å². The molecule has 0 saturated heterocycles. The van der Waals surface area contributed by atoms with E-state index in [0.29, 0.717) is 0 Å². The van der Waals surface area contributed by atoms with E-state index in [9.17, 15) is 0 Å². The summed E-state index contributed by atoms with van der Waals surface area (Å²) < 4.78 is 5.80. The lowest BCUT2D eigenvalue weighted by Crippen LogP contribution is -2.33. The summed E-state index contributed by atoms with van der Waals surface area (Å²) in [6.07, 6.45) is 2.42. The first-order valence-electron chi connectivity index (χ1n) is 7.91. The molecule has 1 aliphatic rings. The highest BCUT2D eigenvalue weighted by Gasteiger charge is 2.15. The summed E-state index contributed by atoms with van der Waals surface area (Å²) in [5.74, 6) is 0. The molecule has 0 amide bonds. The fraction of sp³-hybridized carbons (Fsp3) is 0.647. The maximum absolute atomic E-state index is 5.80. The van der Waals surface area contributed by atoms with Crippen LogP contribution in [0.1, 0.15) is 17.5 Å². The largest absolute Gasteiger partial charge is 0.380 e. The average molecular weight is 292 g/mol. The first kappa shape index (κ1) is 15.7. The van der Waals surface area contributed by atoms with Crippen LogP contribution in [0.15, 0.2) is 24.3 Å². The van der Waals surface area contributed by atoms with Gasteiger partial charge in [0.1, 0.15) is 0 Å². The van der Waals surface area contributed by atoms with Crippen LogP contribution in [-0.2, 0) is 17.7 Å². The minimum Gasteiger partial charge on any atom is -0.380 e. The SMILES string of the molecule is C[Si](C)(C)CCCOCCN1CCc2ccccc2C1. The highest BCUT2D eigenvalue weighted by Crippen LogP contribution is 2.18. The van der Waals surface area contributed by atoms with E-state index in [1.54, 1.807) is 0 Å². The van der Waals surface area contributed by atoms with E-state index in [1.165, 1.54) is 36.6 Å². The van der Waals surface area contributed by atoms with Gasteiger partial charge in [-0.05, 0) is 24.0 Å². The summed E-state index contributed by atoms with van der Waals surface area (Å²) in [6.45, 7) is 12.4. The Labute approximate surface area is 125 Å².